The lowest BCUT2D eigenvalue weighted by atomic mass is 9.92. The zero-order chi connectivity index (χ0) is 23.3. The third-order valence-corrected chi connectivity index (χ3v) is 5.33. The first-order valence-electron chi connectivity index (χ1n) is 10.9. The minimum absolute atomic E-state index is 0.105. The van der Waals surface area contributed by atoms with Crippen molar-refractivity contribution in [1.29, 1.82) is 0 Å². The van der Waals surface area contributed by atoms with Crippen LogP contribution in [0.1, 0.15) is 39.7 Å². The first kappa shape index (κ1) is 23.7. The standard InChI is InChI=1S/C25H31NO6/c1-17-12-18(13-20-10-7-9-19-8-5-6-11-21(19)20)14-30-15-22(23(28)31-17)26(16-27)24(29)32-25(2,3)4/h5-11,16-18,22H,12-15H2,1-4H3/t17?,18?,22-/m0/s1. The molecular weight excluding hydrogens is 410 g/mol. The summed E-state index contributed by atoms with van der Waals surface area (Å²) >= 11 is 0. The Morgan fingerprint density at radius 2 is 1.88 bits per heavy atom. The summed E-state index contributed by atoms with van der Waals surface area (Å²) in [6.07, 6.45) is 0.364. The van der Waals surface area contributed by atoms with Crippen molar-refractivity contribution < 1.29 is 28.6 Å². The van der Waals surface area contributed by atoms with E-state index in [-0.39, 0.29) is 18.6 Å². The zero-order valence-corrected chi connectivity index (χ0v) is 19.1. The molecule has 2 unspecified atom stereocenters. The number of amides is 2. The summed E-state index contributed by atoms with van der Waals surface area (Å²) in [7, 11) is 0. The van der Waals surface area contributed by atoms with Crippen LogP contribution in [0, 0.1) is 5.92 Å². The number of imide groups is 1. The molecule has 1 saturated heterocycles. The maximum Gasteiger partial charge on any atom is 0.417 e. The molecule has 7 nitrogen and oxygen atoms in total. The second-order valence-corrected chi connectivity index (χ2v) is 9.24. The number of carbonyl (C=O) groups excluding carboxylic acids is 3. The molecule has 2 aromatic rings. The van der Waals surface area contributed by atoms with E-state index in [0.29, 0.717) is 24.3 Å². The fourth-order valence-electron chi connectivity index (χ4n) is 3.95. The van der Waals surface area contributed by atoms with E-state index >= 15 is 0 Å². The van der Waals surface area contributed by atoms with Crippen molar-refractivity contribution >= 4 is 29.2 Å². The fraction of sp³-hybridized carbons (Fsp3) is 0.480. The van der Waals surface area contributed by atoms with E-state index < -0.39 is 23.7 Å². The number of cyclic esters (lactones) is 1. The molecule has 0 radical (unpaired) electrons. The first-order valence-corrected chi connectivity index (χ1v) is 10.9. The van der Waals surface area contributed by atoms with Crippen LogP contribution in [0.3, 0.4) is 0 Å². The highest BCUT2D eigenvalue weighted by Crippen LogP contribution is 2.25. The van der Waals surface area contributed by atoms with Gasteiger partial charge in [0.25, 0.3) is 0 Å². The van der Waals surface area contributed by atoms with Gasteiger partial charge in [0.2, 0.25) is 6.41 Å². The molecule has 7 heteroatoms. The molecule has 0 N–H and O–H groups in total. The summed E-state index contributed by atoms with van der Waals surface area (Å²) in [4.78, 5) is 37.5. The quantitative estimate of drug-likeness (QED) is 0.525. The molecule has 1 fully saturated rings. The molecule has 0 bridgehead atoms. The van der Waals surface area contributed by atoms with Gasteiger partial charge in [0.1, 0.15) is 5.60 Å². The van der Waals surface area contributed by atoms with Crippen LogP contribution in [-0.2, 0) is 30.2 Å². The Labute approximate surface area is 188 Å². The van der Waals surface area contributed by atoms with E-state index in [1.165, 1.54) is 16.3 Å². The zero-order valence-electron chi connectivity index (χ0n) is 19.1. The van der Waals surface area contributed by atoms with Crippen LogP contribution >= 0.6 is 0 Å². The smallest absolute Gasteiger partial charge is 0.417 e. The molecule has 2 amide bonds. The van der Waals surface area contributed by atoms with Gasteiger partial charge in [-0.05, 0) is 62.8 Å². The normalized spacial score (nSPS) is 22.2. The van der Waals surface area contributed by atoms with Crippen molar-refractivity contribution in [2.45, 2.75) is 58.3 Å². The average Bonchev–Trinajstić information content (AvgIpc) is 2.77. The van der Waals surface area contributed by atoms with Gasteiger partial charge in [-0.15, -0.1) is 0 Å². The number of hydrogen-bond acceptors (Lipinski definition) is 6. The predicted molar refractivity (Wildman–Crippen MR) is 120 cm³/mol. The van der Waals surface area contributed by atoms with Crippen molar-refractivity contribution in [2.75, 3.05) is 13.2 Å². The highest BCUT2D eigenvalue weighted by atomic mass is 16.6. The molecule has 32 heavy (non-hydrogen) atoms. The molecule has 0 aliphatic carbocycles. The van der Waals surface area contributed by atoms with Gasteiger partial charge in [0, 0.05) is 6.61 Å². The van der Waals surface area contributed by atoms with Gasteiger partial charge in [-0.3, -0.25) is 4.79 Å². The summed E-state index contributed by atoms with van der Waals surface area (Å²) < 4.78 is 16.7. The fourth-order valence-corrected chi connectivity index (χ4v) is 3.95. The van der Waals surface area contributed by atoms with E-state index in [2.05, 4.69) is 24.3 Å². The second-order valence-electron chi connectivity index (χ2n) is 9.24. The largest absolute Gasteiger partial charge is 0.461 e. The van der Waals surface area contributed by atoms with E-state index in [0.717, 1.165) is 6.42 Å². The molecule has 3 atom stereocenters. The van der Waals surface area contributed by atoms with Crippen LogP contribution in [0.25, 0.3) is 10.8 Å². The minimum Gasteiger partial charge on any atom is -0.461 e. The third-order valence-electron chi connectivity index (χ3n) is 5.33. The van der Waals surface area contributed by atoms with Gasteiger partial charge in [-0.2, -0.15) is 0 Å². The van der Waals surface area contributed by atoms with Gasteiger partial charge >= 0.3 is 12.1 Å². The number of ether oxygens (including phenoxy) is 3. The minimum atomic E-state index is -1.19. The van der Waals surface area contributed by atoms with Gasteiger partial charge in [-0.1, -0.05) is 42.5 Å². The predicted octanol–water partition coefficient (Wildman–Crippen LogP) is 4.11. The molecule has 172 valence electrons. The van der Waals surface area contributed by atoms with E-state index in [1.54, 1.807) is 20.8 Å². The highest BCUT2D eigenvalue weighted by Gasteiger charge is 2.36. The number of esters is 1. The molecule has 1 aliphatic rings. The number of carbonyl (C=O) groups is 3. The summed E-state index contributed by atoms with van der Waals surface area (Å²) in [5.74, 6) is -0.574. The summed E-state index contributed by atoms with van der Waals surface area (Å²) in [6.45, 7) is 7.11. The Balaban J connectivity index is 1.74. The number of hydrogen-bond donors (Lipinski definition) is 0. The number of fused-ring (bicyclic) bond motifs is 1. The number of rotatable bonds is 4. The summed E-state index contributed by atoms with van der Waals surface area (Å²) in [5, 5.41) is 2.36. The first-order chi connectivity index (χ1) is 15.2. The number of nitrogens with zero attached hydrogens (tertiary/aromatic N) is 1. The van der Waals surface area contributed by atoms with Crippen LogP contribution in [-0.4, -0.2) is 54.3 Å². The van der Waals surface area contributed by atoms with Crippen LogP contribution in [0.4, 0.5) is 4.79 Å². The van der Waals surface area contributed by atoms with Crippen LogP contribution in [0.5, 0.6) is 0 Å². The number of benzene rings is 2. The SMILES string of the molecule is CC1CC(Cc2cccc3ccccc23)COC[C@H](N(C=O)C(=O)OC(C)(C)C)C(=O)O1. The third kappa shape index (κ3) is 6.07. The van der Waals surface area contributed by atoms with Crippen molar-refractivity contribution in [3.05, 3.63) is 48.0 Å². The van der Waals surface area contributed by atoms with Crippen LogP contribution in [0.2, 0.25) is 0 Å². The molecule has 0 saturated carbocycles. The van der Waals surface area contributed by atoms with Gasteiger partial charge in [-0.25, -0.2) is 14.5 Å². The van der Waals surface area contributed by atoms with E-state index in [4.69, 9.17) is 14.2 Å². The lowest BCUT2D eigenvalue weighted by Gasteiger charge is -2.28. The molecule has 1 aliphatic heterocycles. The summed E-state index contributed by atoms with van der Waals surface area (Å²) in [6, 6.07) is 13.2. The van der Waals surface area contributed by atoms with Gasteiger partial charge < -0.3 is 14.2 Å². The van der Waals surface area contributed by atoms with Gasteiger partial charge in [0.05, 0.1) is 12.7 Å². The highest BCUT2D eigenvalue weighted by molar-refractivity contribution is 5.89. The molecule has 0 spiro atoms. The molecule has 1 heterocycles. The van der Waals surface area contributed by atoms with Crippen molar-refractivity contribution in [1.82, 2.24) is 4.90 Å². The average molecular weight is 442 g/mol. The molecule has 3 rings (SSSR count). The Morgan fingerprint density at radius 1 is 1.16 bits per heavy atom. The monoisotopic (exact) mass is 441 g/mol. The Hall–Kier alpha value is -2.93. The lowest BCUT2D eigenvalue weighted by molar-refractivity contribution is -0.157. The Morgan fingerprint density at radius 3 is 2.59 bits per heavy atom. The van der Waals surface area contributed by atoms with Gasteiger partial charge in [0.15, 0.2) is 6.04 Å². The van der Waals surface area contributed by atoms with E-state index in [1.807, 2.05) is 25.1 Å². The van der Waals surface area contributed by atoms with Crippen molar-refractivity contribution in [2.24, 2.45) is 5.92 Å². The maximum atomic E-state index is 12.7. The van der Waals surface area contributed by atoms with Crippen molar-refractivity contribution in [3.63, 3.8) is 0 Å². The molecular formula is C25H31NO6. The van der Waals surface area contributed by atoms with Crippen molar-refractivity contribution in [3.8, 4) is 0 Å². The topological polar surface area (TPSA) is 82.1 Å². The Bertz CT molecular complexity index is 961. The molecule has 0 aromatic heterocycles. The molecule has 2 aromatic carbocycles. The lowest BCUT2D eigenvalue weighted by Crippen LogP contribution is -2.49. The second kappa shape index (κ2) is 10.1. The van der Waals surface area contributed by atoms with Crippen LogP contribution < -0.4 is 0 Å². The van der Waals surface area contributed by atoms with Crippen LogP contribution in [0.15, 0.2) is 42.5 Å². The Kier molecular flexibility index (Phi) is 7.51. The maximum absolute atomic E-state index is 12.7. The van der Waals surface area contributed by atoms with E-state index in [9.17, 15) is 14.4 Å². The summed E-state index contributed by atoms with van der Waals surface area (Å²) in [5.41, 5.74) is 0.396.